The summed E-state index contributed by atoms with van der Waals surface area (Å²) < 4.78 is 11.0. The first-order valence-corrected chi connectivity index (χ1v) is 13.9. The average molecular weight is 568 g/mol. The van der Waals surface area contributed by atoms with Gasteiger partial charge in [0.15, 0.2) is 5.82 Å². The molecule has 0 atom stereocenters. The number of aromatic carboxylic acids is 1. The molecule has 1 amide bonds. The predicted octanol–water partition coefficient (Wildman–Crippen LogP) is 3.34. The van der Waals surface area contributed by atoms with Crippen LogP contribution in [0.15, 0.2) is 30.5 Å². The van der Waals surface area contributed by atoms with Crippen LogP contribution in [0.2, 0.25) is 0 Å². The molecule has 2 aliphatic rings. The van der Waals surface area contributed by atoms with Gasteiger partial charge in [0, 0.05) is 71.8 Å². The van der Waals surface area contributed by atoms with E-state index in [1.807, 2.05) is 68.9 Å². The molecule has 2 fully saturated rings. The first-order chi connectivity index (χ1) is 19.5. The molecule has 0 spiro atoms. The second kappa shape index (κ2) is 13.2. The Kier molecular flexibility index (Phi) is 9.66. The average Bonchev–Trinajstić information content (AvgIpc) is 2.92. The smallest absolute Gasteiger partial charge is 0.410 e. The van der Waals surface area contributed by atoms with Crippen molar-refractivity contribution >= 4 is 35.6 Å². The molecular weight excluding hydrogens is 526 g/mol. The largest absolute Gasteiger partial charge is 0.477 e. The Hall–Kier alpha value is -3.90. The van der Waals surface area contributed by atoms with Gasteiger partial charge in [0.1, 0.15) is 11.2 Å². The van der Waals surface area contributed by atoms with Gasteiger partial charge in [-0.2, -0.15) is 4.98 Å². The standard InChI is InChI=1S/C29H41N7O5/c1-29(2,3)41-28(39)36-14-12-34(13-15-36)20-21-6-8-22(9-7-21)30-25-24(26(37)38)23(10-11-33(4)5)31-27(32-25)35-16-18-40-19-17-35/h6-11H,12-20H2,1-5H3,(H,37,38)(H,30,31,32)/b11-10+. The van der Waals surface area contributed by atoms with E-state index in [0.29, 0.717) is 51.0 Å². The number of ether oxygens (including phenoxy) is 2. The Bertz CT molecular complexity index is 1230. The van der Waals surface area contributed by atoms with Gasteiger partial charge in [-0.3, -0.25) is 4.90 Å². The summed E-state index contributed by atoms with van der Waals surface area (Å²) in [5.74, 6) is -0.415. The third kappa shape index (κ3) is 8.54. The molecular formula is C29H41N7O5. The van der Waals surface area contributed by atoms with Gasteiger partial charge >= 0.3 is 12.1 Å². The number of piperazine rings is 1. The van der Waals surface area contributed by atoms with Gasteiger partial charge in [0.05, 0.1) is 18.9 Å². The third-order valence-corrected chi connectivity index (χ3v) is 6.61. The van der Waals surface area contributed by atoms with E-state index >= 15 is 0 Å². The van der Waals surface area contributed by atoms with Crippen LogP contribution in [0.1, 0.15) is 42.4 Å². The summed E-state index contributed by atoms with van der Waals surface area (Å²) in [6, 6.07) is 7.87. The molecule has 222 valence electrons. The summed E-state index contributed by atoms with van der Waals surface area (Å²) in [5, 5.41) is 13.3. The van der Waals surface area contributed by atoms with Crippen molar-refractivity contribution in [3.63, 3.8) is 0 Å². The van der Waals surface area contributed by atoms with Crippen LogP contribution in [-0.2, 0) is 16.0 Å². The lowest BCUT2D eigenvalue weighted by Gasteiger charge is -2.35. The highest BCUT2D eigenvalue weighted by Crippen LogP contribution is 2.26. The van der Waals surface area contributed by atoms with E-state index in [9.17, 15) is 14.7 Å². The number of hydrogen-bond donors (Lipinski definition) is 2. The highest BCUT2D eigenvalue weighted by atomic mass is 16.6. The summed E-state index contributed by atoms with van der Waals surface area (Å²) in [7, 11) is 3.73. The number of nitrogens with one attached hydrogen (secondary N) is 1. The number of nitrogens with zero attached hydrogens (tertiary/aromatic N) is 6. The van der Waals surface area contributed by atoms with Gasteiger partial charge < -0.3 is 34.6 Å². The maximum absolute atomic E-state index is 12.3. The molecule has 0 unspecified atom stereocenters. The molecule has 12 nitrogen and oxygen atoms in total. The summed E-state index contributed by atoms with van der Waals surface area (Å²) in [5.41, 5.74) is 1.67. The Balaban J connectivity index is 1.46. The Morgan fingerprint density at radius 2 is 1.71 bits per heavy atom. The maximum Gasteiger partial charge on any atom is 0.410 e. The number of carbonyl (C=O) groups excluding carboxylic acids is 1. The van der Waals surface area contributed by atoms with Crippen molar-refractivity contribution in [3.05, 3.63) is 47.3 Å². The Morgan fingerprint density at radius 1 is 1.05 bits per heavy atom. The van der Waals surface area contributed by atoms with Crippen molar-refractivity contribution in [2.45, 2.75) is 32.9 Å². The number of amides is 1. The van der Waals surface area contributed by atoms with Crippen molar-refractivity contribution < 1.29 is 24.2 Å². The summed E-state index contributed by atoms with van der Waals surface area (Å²) in [6.07, 6.45) is 3.19. The molecule has 0 bridgehead atoms. The number of benzene rings is 1. The van der Waals surface area contributed by atoms with Crippen molar-refractivity contribution in [1.82, 2.24) is 24.7 Å². The van der Waals surface area contributed by atoms with E-state index in [1.165, 1.54) is 0 Å². The van der Waals surface area contributed by atoms with E-state index in [0.717, 1.165) is 30.9 Å². The second-order valence-electron chi connectivity index (χ2n) is 11.4. The summed E-state index contributed by atoms with van der Waals surface area (Å²) >= 11 is 0. The summed E-state index contributed by atoms with van der Waals surface area (Å²) in [4.78, 5) is 41.8. The minimum Gasteiger partial charge on any atom is -0.477 e. The topological polar surface area (TPSA) is 124 Å². The highest BCUT2D eigenvalue weighted by molar-refractivity contribution is 5.97. The van der Waals surface area contributed by atoms with E-state index in [-0.39, 0.29) is 17.5 Å². The lowest BCUT2D eigenvalue weighted by Crippen LogP contribution is -2.49. The van der Waals surface area contributed by atoms with E-state index in [1.54, 1.807) is 17.2 Å². The quantitative estimate of drug-likeness (QED) is 0.488. The predicted molar refractivity (Wildman–Crippen MR) is 158 cm³/mol. The minimum atomic E-state index is -1.11. The zero-order valence-corrected chi connectivity index (χ0v) is 24.6. The van der Waals surface area contributed by atoms with E-state index < -0.39 is 11.6 Å². The zero-order valence-electron chi connectivity index (χ0n) is 24.6. The van der Waals surface area contributed by atoms with Gasteiger partial charge in [-0.05, 0) is 44.5 Å². The first-order valence-electron chi connectivity index (χ1n) is 13.9. The molecule has 2 aliphatic heterocycles. The third-order valence-electron chi connectivity index (χ3n) is 6.61. The van der Waals surface area contributed by atoms with Crippen LogP contribution < -0.4 is 10.2 Å². The number of carboxylic acid groups (broad SMARTS) is 1. The summed E-state index contributed by atoms with van der Waals surface area (Å²) in [6.45, 7) is 11.5. The van der Waals surface area contributed by atoms with Gasteiger partial charge in [0.2, 0.25) is 5.95 Å². The first kappa shape index (κ1) is 30.1. The Labute approximate surface area is 241 Å². The van der Waals surface area contributed by atoms with Crippen LogP contribution >= 0.6 is 0 Å². The fourth-order valence-electron chi connectivity index (χ4n) is 4.52. The van der Waals surface area contributed by atoms with Crippen LogP contribution in [0, 0.1) is 0 Å². The monoisotopic (exact) mass is 567 g/mol. The fourth-order valence-corrected chi connectivity index (χ4v) is 4.52. The molecule has 2 N–H and O–H groups in total. The van der Waals surface area contributed by atoms with Crippen molar-refractivity contribution in [2.75, 3.05) is 76.8 Å². The number of hydrogen-bond acceptors (Lipinski definition) is 10. The molecule has 0 radical (unpaired) electrons. The van der Waals surface area contributed by atoms with E-state index in [2.05, 4.69) is 20.2 Å². The number of aromatic nitrogens is 2. The molecule has 2 saturated heterocycles. The van der Waals surface area contributed by atoms with Crippen molar-refractivity contribution in [3.8, 4) is 0 Å². The van der Waals surface area contributed by atoms with Crippen LogP contribution in [0.25, 0.3) is 6.08 Å². The fraction of sp³-hybridized carbons (Fsp3) is 0.517. The molecule has 3 heterocycles. The van der Waals surface area contributed by atoms with Crippen LogP contribution in [0.4, 0.5) is 22.2 Å². The second-order valence-corrected chi connectivity index (χ2v) is 11.4. The van der Waals surface area contributed by atoms with Crippen LogP contribution in [0.5, 0.6) is 0 Å². The number of morpholine rings is 1. The van der Waals surface area contributed by atoms with Gasteiger partial charge in [-0.25, -0.2) is 14.6 Å². The zero-order chi connectivity index (χ0) is 29.6. The van der Waals surface area contributed by atoms with Gasteiger partial charge in [0.25, 0.3) is 0 Å². The lowest BCUT2D eigenvalue weighted by molar-refractivity contribution is 0.0139. The van der Waals surface area contributed by atoms with Crippen LogP contribution in [0.3, 0.4) is 0 Å². The molecule has 41 heavy (non-hydrogen) atoms. The normalized spacial score (nSPS) is 16.6. The molecule has 4 rings (SSSR count). The highest BCUT2D eigenvalue weighted by Gasteiger charge is 2.26. The van der Waals surface area contributed by atoms with Crippen molar-refractivity contribution in [2.24, 2.45) is 0 Å². The maximum atomic E-state index is 12.3. The minimum absolute atomic E-state index is 0.00652. The van der Waals surface area contributed by atoms with E-state index in [4.69, 9.17) is 9.47 Å². The molecule has 2 aromatic rings. The van der Waals surface area contributed by atoms with Crippen molar-refractivity contribution in [1.29, 1.82) is 0 Å². The molecule has 1 aromatic heterocycles. The number of anilines is 3. The molecule has 1 aromatic carbocycles. The van der Waals surface area contributed by atoms with Gasteiger partial charge in [-0.15, -0.1) is 0 Å². The SMILES string of the molecule is CN(C)/C=C/c1nc(N2CCOCC2)nc(Nc2ccc(CN3CCN(C(=O)OC(C)(C)C)CC3)cc2)c1C(=O)O. The van der Waals surface area contributed by atoms with Crippen LogP contribution in [-0.4, -0.2) is 114 Å². The number of carboxylic acids is 1. The molecule has 0 aliphatic carbocycles. The molecule has 0 saturated carbocycles. The number of rotatable bonds is 8. The lowest BCUT2D eigenvalue weighted by atomic mass is 10.1. The molecule has 12 heteroatoms. The van der Waals surface area contributed by atoms with Gasteiger partial charge in [-0.1, -0.05) is 12.1 Å². The number of carbonyl (C=O) groups is 2. The Morgan fingerprint density at radius 3 is 2.29 bits per heavy atom.